The molecule has 6 heteroatoms. The smallest absolute Gasteiger partial charge is 0.229 e. The summed E-state index contributed by atoms with van der Waals surface area (Å²) in [5.41, 5.74) is 3.54. The molecule has 3 rings (SSSR count). The molecule has 0 bridgehead atoms. The average molecular weight is 380 g/mol. The molecule has 5 nitrogen and oxygen atoms in total. The van der Waals surface area contributed by atoms with Gasteiger partial charge in [-0.25, -0.2) is 4.98 Å². The van der Waals surface area contributed by atoms with Gasteiger partial charge in [-0.1, -0.05) is 15.9 Å². The largest absolute Gasteiger partial charge is 0.340 e. The Kier molecular flexibility index (Phi) is 4.73. The first-order valence-electron chi connectivity index (χ1n) is 7.27. The molecule has 0 aliphatic rings. The zero-order chi connectivity index (χ0) is 16.9. The Hall–Kier alpha value is -2.91. The highest BCUT2D eigenvalue weighted by Gasteiger charge is 2.03. The highest BCUT2D eigenvalue weighted by atomic mass is 79.9. The first-order valence-corrected chi connectivity index (χ1v) is 8.07. The van der Waals surface area contributed by atoms with E-state index in [4.69, 9.17) is 5.26 Å². The fraction of sp³-hybridized carbons (Fsp3) is 0.0556. The number of aromatic nitrogens is 2. The van der Waals surface area contributed by atoms with Crippen molar-refractivity contribution in [3.8, 4) is 6.07 Å². The number of hydrogen-bond donors (Lipinski definition) is 2. The fourth-order valence-electron chi connectivity index (χ4n) is 2.12. The summed E-state index contributed by atoms with van der Waals surface area (Å²) in [5.74, 6) is 1.18. The van der Waals surface area contributed by atoms with Gasteiger partial charge in [0.2, 0.25) is 5.95 Å². The highest BCUT2D eigenvalue weighted by molar-refractivity contribution is 9.10. The molecule has 118 valence electrons. The van der Waals surface area contributed by atoms with Gasteiger partial charge in [-0.05, 0) is 61.0 Å². The van der Waals surface area contributed by atoms with Crippen LogP contribution in [0.5, 0.6) is 0 Å². The van der Waals surface area contributed by atoms with Crippen LogP contribution in [0.2, 0.25) is 0 Å². The van der Waals surface area contributed by atoms with Crippen LogP contribution >= 0.6 is 15.9 Å². The van der Waals surface area contributed by atoms with E-state index in [9.17, 15) is 0 Å². The van der Waals surface area contributed by atoms with Gasteiger partial charge < -0.3 is 10.6 Å². The molecule has 0 radical (unpaired) electrons. The Morgan fingerprint density at radius 2 is 1.75 bits per heavy atom. The van der Waals surface area contributed by atoms with Gasteiger partial charge in [-0.2, -0.15) is 10.2 Å². The predicted octanol–water partition coefficient (Wildman–Crippen LogP) is 4.91. The topological polar surface area (TPSA) is 73.6 Å². The predicted molar refractivity (Wildman–Crippen MR) is 98.6 cm³/mol. The molecule has 24 heavy (non-hydrogen) atoms. The van der Waals surface area contributed by atoms with Gasteiger partial charge >= 0.3 is 0 Å². The van der Waals surface area contributed by atoms with Crippen molar-refractivity contribution >= 4 is 39.1 Å². The summed E-state index contributed by atoms with van der Waals surface area (Å²) >= 11 is 3.49. The van der Waals surface area contributed by atoms with E-state index < -0.39 is 0 Å². The Morgan fingerprint density at radius 3 is 2.46 bits per heavy atom. The van der Waals surface area contributed by atoms with Crippen LogP contribution < -0.4 is 10.6 Å². The van der Waals surface area contributed by atoms with E-state index in [2.05, 4.69) is 42.6 Å². The molecule has 0 unspecified atom stereocenters. The number of benzene rings is 2. The zero-order valence-electron chi connectivity index (χ0n) is 12.9. The van der Waals surface area contributed by atoms with Crippen LogP contribution in [-0.4, -0.2) is 9.97 Å². The molecule has 3 aromatic rings. The Labute approximate surface area is 148 Å². The molecular formula is C18H14BrN5. The lowest BCUT2D eigenvalue weighted by Gasteiger charge is -2.09. The second-order valence-electron chi connectivity index (χ2n) is 5.17. The third kappa shape index (κ3) is 3.89. The van der Waals surface area contributed by atoms with Crippen LogP contribution in [0.1, 0.15) is 11.1 Å². The van der Waals surface area contributed by atoms with E-state index in [0.29, 0.717) is 17.3 Å². The number of nitrogens with zero attached hydrogens (tertiary/aromatic N) is 3. The number of nitriles is 1. The third-order valence-corrected chi connectivity index (χ3v) is 4.25. The molecule has 0 saturated heterocycles. The average Bonchev–Trinajstić information content (AvgIpc) is 2.59. The molecular weight excluding hydrogens is 366 g/mol. The van der Waals surface area contributed by atoms with Crippen molar-refractivity contribution in [2.75, 3.05) is 10.6 Å². The van der Waals surface area contributed by atoms with Crippen LogP contribution in [0, 0.1) is 18.3 Å². The van der Waals surface area contributed by atoms with Crippen molar-refractivity contribution in [2.24, 2.45) is 0 Å². The Balaban J connectivity index is 1.75. The summed E-state index contributed by atoms with van der Waals surface area (Å²) in [6.45, 7) is 2.03. The summed E-state index contributed by atoms with van der Waals surface area (Å²) in [6.07, 6.45) is 1.69. The molecule has 0 amide bonds. The zero-order valence-corrected chi connectivity index (χ0v) is 14.5. The SMILES string of the molecule is Cc1cc(Nc2ccnc(Nc3ccc(C#N)cc3)n2)ccc1Br. The molecule has 0 atom stereocenters. The number of anilines is 4. The molecule has 0 aliphatic heterocycles. The molecule has 2 aromatic carbocycles. The maximum Gasteiger partial charge on any atom is 0.229 e. The molecule has 2 N–H and O–H groups in total. The first-order chi connectivity index (χ1) is 11.6. The Bertz CT molecular complexity index is 900. The minimum absolute atomic E-state index is 0.485. The molecule has 1 heterocycles. The second-order valence-corrected chi connectivity index (χ2v) is 6.02. The monoisotopic (exact) mass is 379 g/mol. The summed E-state index contributed by atoms with van der Waals surface area (Å²) < 4.78 is 1.07. The van der Waals surface area contributed by atoms with E-state index in [0.717, 1.165) is 21.4 Å². The lowest BCUT2D eigenvalue weighted by Crippen LogP contribution is -2.00. The van der Waals surface area contributed by atoms with Gasteiger partial charge in [-0.15, -0.1) is 0 Å². The van der Waals surface area contributed by atoms with Crippen molar-refractivity contribution in [2.45, 2.75) is 6.92 Å². The van der Waals surface area contributed by atoms with Crippen LogP contribution in [0.25, 0.3) is 0 Å². The summed E-state index contributed by atoms with van der Waals surface area (Å²) in [6, 6.07) is 17.0. The van der Waals surface area contributed by atoms with Crippen LogP contribution in [0.4, 0.5) is 23.1 Å². The standard InChI is InChI=1S/C18H14BrN5/c1-12-10-15(6-7-16(12)19)22-17-8-9-21-18(24-17)23-14-4-2-13(11-20)3-5-14/h2-10H,1H3,(H2,21,22,23,24). The van der Waals surface area contributed by atoms with E-state index >= 15 is 0 Å². The normalized spacial score (nSPS) is 10.0. The van der Waals surface area contributed by atoms with Gasteiger partial charge in [0.15, 0.2) is 0 Å². The van der Waals surface area contributed by atoms with Crippen molar-refractivity contribution in [3.63, 3.8) is 0 Å². The fourth-order valence-corrected chi connectivity index (χ4v) is 2.36. The Morgan fingerprint density at radius 1 is 1.00 bits per heavy atom. The quantitative estimate of drug-likeness (QED) is 0.673. The lowest BCUT2D eigenvalue weighted by molar-refractivity contribution is 1.16. The first kappa shape index (κ1) is 16.0. The number of aryl methyl sites for hydroxylation is 1. The number of halogens is 1. The summed E-state index contributed by atoms with van der Waals surface area (Å²) in [7, 11) is 0. The van der Waals surface area contributed by atoms with E-state index in [1.54, 1.807) is 24.4 Å². The van der Waals surface area contributed by atoms with Gasteiger partial charge in [-0.3, -0.25) is 0 Å². The van der Waals surface area contributed by atoms with Crippen molar-refractivity contribution < 1.29 is 0 Å². The number of nitrogens with one attached hydrogen (secondary N) is 2. The molecule has 0 fully saturated rings. The minimum Gasteiger partial charge on any atom is -0.340 e. The van der Waals surface area contributed by atoms with Crippen molar-refractivity contribution in [1.29, 1.82) is 5.26 Å². The van der Waals surface area contributed by atoms with Gasteiger partial charge in [0.1, 0.15) is 5.82 Å². The molecule has 0 aliphatic carbocycles. The molecule has 0 saturated carbocycles. The molecule has 1 aromatic heterocycles. The highest BCUT2D eigenvalue weighted by Crippen LogP contribution is 2.23. The minimum atomic E-state index is 0.485. The lowest BCUT2D eigenvalue weighted by atomic mass is 10.2. The van der Waals surface area contributed by atoms with E-state index in [-0.39, 0.29) is 0 Å². The van der Waals surface area contributed by atoms with Crippen LogP contribution in [0.3, 0.4) is 0 Å². The molecule has 0 spiro atoms. The van der Waals surface area contributed by atoms with Crippen molar-refractivity contribution in [3.05, 3.63) is 70.3 Å². The van der Waals surface area contributed by atoms with Gasteiger partial charge in [0.25, 0.3) is 0 Å². The number of rotatable bonds is 4. The van der Waals surface area contributed by atoms with Crippen LogP contribution in [-0.2, 0) is 0 Å². The van der Waals surface area contributed by atoms with E-state index in [1.165, 1.54) is 0 Å². The maximum atomic E-state index is 8.83. The van der Waals surface area contributed by atoms with Crippen molar-refractivity contribution in [1.82, 2.24) is 9.97 Å². The summed E-state index contributed by atoms with van der Waals surface area (Å²) in [5, 5.41) is 15.2. The number of hydrogen-bond acceptors (Lipinski definition) is 5. The second kappa shape index (κ2) is 7.11. The van der Waals surface area contributed by atoms with Crippen LogP contribution in [0.15, 0.2) is 59.2 Å². The van der Waals surface area contributed by atoms with Gasteiger partial charge in [0.05, 0.1) is 11.6 Å². The van der Waals surface area contributed by atoms with E-state index in [1.807, 2.05) is 37.3 Å². The summed E-state index contributed by atoms with van der Waals surface area (Å²) in [4.78, 5) is 8.66. The third-order valence-electron chi connectivity index (χ3n) is 3.36. The van der Waals surface area contributed by atoms with Gasteiger partial charge in [0, 0.05) is 22.0 Å². The maximum absolute atomic E-state index is 8.83.